The van der Waals surface area contributed by atoms with E-state index in [4.69, 9.17) is 0 Å². The molecule has 0 saturated carbocycles. The fourth-order valence-electron chi connectivity index (χ4n) is 0.787. The van der Waals surface area contributed by atoms with Crippen LogP contribution < -0.4 is 6.15 Å². The summed E-state index contributed by atoms with van der Waals surface area (Å²) >= 11 is 0. The van der Waals surface area contributed by atoms with Crippen molar-refractivity contribution in [2.24, 2.45) is 0 Å². The molecule has 0 spiro atoms. The number of hydrogen-bond acceptors (Lipinski definition) is 4. The zero-order chi connectivity index (χ0) is 6.69. The third kappa shape index (κ3) is 1.70. The van der Waals surface area contributed by atoms with Crippen LogP contribution in [0.25, 0.3) is 0 Å². The summed E-state index contributed by atoms with van der Waals surface area (Å²) in [4.78, 5) is 24.6. The minimum absolute atomic E-state index is 0. The standard InChI is InChI=1S/C5H7NO3.H3N/c7-4-9-6-3-1-2-5(6)8;/h4H,1-3H2;1H3. The predicted molar refractivity (Wildman–Crippen MR) is 33.1 cm³/mol. The van der Waals surface area contributed by atoms with Gasteiger partial charge in [-0.15, -0.1) is 0 Å². The minimum atomic E-state index is -0.109. The Kier molecular flexibility index (Phi) is 3.42. The molecule has 1 aliphatic rings. The summed E-state index contributed by atoms with van der Waals surface area (Å²) in [6.07, 6.45) is 1.28. The second-order valence-electron chi connectivity index (χ2n) is 1.80. The van der Waals surface area contributed by atoms with Crippen LogP contribution in [0.3, 0.4) is 0 Å². The van der Waals surface area contributed by atoms with Gasteiger partial charge >= 0.3 is 6.47 Å². The van der Waals surface area contributed by atoms with Gasteiger partial charge in [-0.25, -0.2) is 0 Å². The van der Waals surface area contributed by atoms with Gasteiger partial charge in [0.15, 0.2) is 0 Å². The Hall–Kier alpha value is -1.10. The molecule has 10 heavy (non-hydrogen) atoms. The molecular formula is C5H10N2O3. The van der Waals surface area contributed by atoms with E-state index >= 15 is 0 Å². The van der Waals surface area contributed by atoms with E-state index in [2.05, 4.69) is 4.84 Å². The summed E-state index contributed by atoms with van der Waals surface area (Å²) < 4.78 is 0. The van der Waals surface area contributed by atoms with Crippen LogP contribution in [0.4, 0.5) is 0 Å². The Bertz CT molecular complexity index is 137. The molecule has 0 aliphatic carbocycles. The average molecular weight is 146 g/mol. The van der Waals surface area contributed by atoms with Gasteiger partial charge in [0.2, 0.25) is 0 Å². The van der Waals surface area contributed by atoms with Gasteiger partial charge in [-0.05, 0) is 6.42 Å². The molecule has 1 fully saturated rings. The number of carbonyl (C=O) groups is 2. The molecule has 0 aromatic carbocycles. The topological polar surface area (TPSA) is 81.6 Å². The van der Waals surface area contributed by atoms with Crippen LogP contribution >= 0.6 is 0 Å². The minimum Gasteiger partial charge on any atom is -0.344 e. The average Bonchev–Trinajstić information content (AvgIpc) is 2.18. The van der Waals surface area contributed by atoms with Crippen molar-refractivity contribution in [1.29, 1.82) is 0 Å². The zero-order valence-electron chi connectivity index (χ0n) is 5.58. The quantitative estimate of drug-likeness (QED) is 0.549. The molecule has 0 aromatic heterocycles. The molecule has 0 aromatic rings. The van der Waals surface area contributed by atoms with Gasteiger partial charge in [0.25, 0.3) is 5.91 Å². The molecule has 0 unspecified atom stereocenters. The molecule has 3 N–H and O–H groups in total. The van der Waals surface area contributed by atoms with E-state index in [-0.39, 0.29) is 18.5 Å². The first-order valence-corrected chi connectivity index (χ1v) is 2.75. The van der Waals surface area contributed by atoms with Crippen molar-refractivity contribution in [2.45, 2.75) is 12.8 Å². The Balaban J connectivity index is 0.000000810. The highest BCUT2D eigenvalue weighted by Gasteiger charge is 2.20. The SMILES string of the molecule is N.O=CON1CCCC1=O. The van der Waals surface area contributed by atoms with Crippen molar-refractivity contribution in [3.63, 3.8) is 0 Å². The van der Waals surface area contributed by atoms with Crippen LogP contribution in [-0.2, 0) is 14.4 Å². The van der Waals surface area contributed by atoms with Gasteiger partial charge in [-0.3, -0.25) is 9.59 Å². The van der Waals surface area contributed by atoms with Gasteiger partial charge in [0.1, 0.15) is 0 Å². The van der Waals surface area contributed by atoms with Gasteiger partial charge in [-0.1, -0.05) is 0 Å². The van der Waals surface area contributed by atoms with Gasteiger partial charge in [0, 0.05) is 6.42 Å². The maximum Gasteiger partial charge on any atom is 0.320 e. The first kappa shape index (κ1) is 8.90. The first-order valence-electron chi connectivity index (χ1n) is 2.75. The van der Waals surface area contributed by atoms with Crippen LogP contribution in [0.1, 0.15) is 12.8 Å². The predicted octanol–water partition coefficient (Wildman–Crippen LogP) is -0.141. The first-order chi connectivity index (χ1) is 4.34. The molecule has 5 heteroatoms. The summed E-state index contributed by atoms with van der Waals surface area (Å²) in [5, 5.41) is 1.08. The van der Waals surface area contributed by atoms with Gasteiger partial charge in [-0.2, -0.15) is 5.06 Å². The molecule has 5 nitrogen and oxygen atoms in total. The number of hydroxylamine groups is 2. The van der Waals surface area contributed by atoms with E-state index in [0.717, 1.165) is 11.5 Å². The monoisotopic (exact) mass is 146 g/mol. The van der Waals surface area contributed by atoms with Crippen molar-refractivity contribution >= 4 is 12.4 Å². The second kappa shape index (κ2) is 3.84. The third-order valence-electron chi connectivity index (χ3n) is 1.20. The molecule has 1 heterocycles. The van der Waals surface area contributed by atoms with Crippen molar-refractivity contribution < 1.29 is 14.4 Å². The number of carbonyl (C=O) groups excluding carboxylic acids is 2. The van der Waals surface area contributed by atoms with Gasteiger partial charge in [0.05, 0.1) is 6.54 Å². The van der Waals surface area contributed by atoms with Crippen LogP contribution in [-0.4, -0.2) is 24.0 Å². The van der Waals surface area contributed by atoms with E-state index in [0.29, 0.717) is 13.0 Å². The smallest absolute Gasteiger partial charge is 0.320 e. The highest BCUT2D eigenvalue weighted by atomic mass is 16.7. The Morgan fingerprint density at radius 2 is 2.30 bits per heavy atom. The van der Waals surface area contributed by atoms with Crippen molar-refractivity contribution in [3.05, 3.63) is 0 Å². The fraction of sp³-hybridized carbons (Fsp3) is 0.600. The molecule has 0 atom stereocenters. The van der Waals surface area contributed by atoms with Crippen molar-refractivity contribution in [2.75, 3.05) is 6.54 Å². The number of rotatable bonds is 2. The maximum absolute atomic E-state index is 10.6. The molecule has 0 bridgehead atoms. The lowest BCUT2D eigenvalue weighted by Crippen LogP contribution is -2.23. The second-order valence-corrected chi connectivity index (χ2v) is 1.80. The largest absolute Gasteiger partial charge is 0.344 e. The highest BCUT2D eigenvalue weighted by molar-refractivity contribution is 5.77. The molecule has 1 saturated heterocycles. The van der Waals surface area contributed by atoms with E-state index in [9.17, 15) is 9.59 Å². The van der Waals surface area contributed by atoms with E-state index in [1.807, 2.05) is 0 Å². The molecule has 58 valence electrons. The zero-order valence-corrected chi connectivity index (χ0v) is 5.58. The molecule has 1 rings (SSSR count). The van der Waals surface area contributed by atoms with Crippen LogP contribution in [0.15, 0.2) is 0 Å². The lowest BCUT2D eigenvalue weighted by Gasteiger charge is -2.08. The summed E-state index contributed by atoms with van der Waals surface area (Å²) in [6.45, 7) is 0.806. The van der Waals surface area contributed by atoms with Crippen LogP contribution in [0.2, 0.25) is 0 Å². The Morgan fingerprint density at radius 1 is 1.60 bits per heavy atom. The Morgan fingerprint density at radius 3 is 2.70 bits per heavy atom. The normalized spacial score (nSPS) is 16.4. The Labute approximate surface area is 58.5 Å². The molecule has 1 amide bonds. The highest BCUT2D eigenvalue weighted by Crippen LogP contribution is 2.07. The summed E-state index contributed by atoms with van der Waals surface area (Å²) in [7, 11) is 0. The number of nitrogens with zero attached hydrogens (tertiary/aromatic N) is 1. The van der Waals surface area contributed by atoms with E-state index < -0.39 is 0 Å². The number of amides is 1. The van der Waals surface area contributed by atoms with Crippen LogP contribution in [0.5, 0.6) is 0 Å². The molecule has 1 aliphatic heterocycles. The van der Waals surface area contributed by atoms with Crippen LogP contribution in [0, 0.1) is 0 Å². The van der Waals surface area contributed by atoms with Gasteiger partial charge < -0.3 is 11.0 Å². The fourth-order valence-corrected chi connectivity index (χ4v) is 0.787. The summed E-state index contributed by atoms with van der Waals surface area (Å²) in [5.41, 5.74) is 0. The van der Waals surface area contributed by atoms with E-state index in [1.54, 1.807) is 0 Å². The lowest BCUT2D eigenvalue weighted by molar-refractivity contribution is -0.180. The van der Waals surface area contributed by atoms with Crippen molar-refractivity contribution in [1.82, 2.24) is 11.2 Å². The third-order valence-corrected chi connectivity index (χ3v) is 1.20. The van der Waals surface area contributed by atoms with Crippen molar-refractivity contribution in [3.8, 4) is 0 Å². The molecule has 0 radical (unpaired) electrons. The maximum atomic E-state index is 10.6. The summed E-state index contributed by atoms with van der Waals surface area (Å²) in [6, 6.07) is 0. The lowest BCUT2D eigenvalue weighted by atomic mass is 10.4. The molecular weight excluding hydrogens is 136 g/mol. The summed E-state index contributed by atoms with van der Waals surface area (Å²) in [5.74, 6) is -0.109. The number of hydrogen-bond donors (Lipinski definition) is 1. The van der Waals surface area contributed by atoms with E-state index in [1.165, 1.54) is 0 Å².